The first kappa shape index (κ1) is 14.4. The third-order valence-electron chi connectivity index (χ3n) is 2.38. The Labute approximate surface area is 95.0 Å². The van der Waals surface area contributed by atoms with Gasteiger partial charge in [0.2, 0.25) is 0 Å². The molecule has 2 atom stereocenters. The van der Waals surface area contributed by atoms with E-state index in [9.17, 15) is 0 Å². The fourth-order valence-electron chi connectivity index (χ4n) is 1.48. The SMILES string of the molecule is CCC(C)NC(C)=NCC(C)CN(C)C. The molecule has 0 aromatic carbocycles. The summed E-state index contributed by atoms with van der Waals surface area (Å²) in [5, 5.41) is 3.37. The van der Waals surface area contributed by atoms with E-state index >= 15 is 0 Å². The van der Waals surface area contributed by atoms with Crippen molar-refractivity contribution >= 4 is 5.84 Å². The summed E-state index contributed by atoms with van der Waals surface area (Å²) in [4.78, 5) is 6.75. The van der Waals surface area contributed by atoms with Crippen LogP contribution in [0.1, 0.15) is 34.1 Å². The maximum Gasteiger partial charge on any atom is 0.0933 e. The Morgan fingerprint density at radius 3 is 2.40 bits per heavy atom. The van der Waals surface area contributed by atoms with Crippen molar-refractivity contribution in [1.82, 2.24) is 10.2 Å². The van der Waals surface area contributed by atoms with Crippen LogP contribution in [0.3, 0.4) is 0 Å². The molecule has 0 saturated heterocycles. The van der Waals surface area contributed by atoms with Gasteiger partial charge in [0.25, 0.3) is 0 Å². The lowest BCUT2D eigenvalue weighted by molar-refractivity contribution is 0.344. The molecule has 3 nitrogen and oxygen atoms in total. The van der Waals surface area contributed by atoms with Crippen molar-refractivity contribution in [2.45, 2.75) is 40.2 Å². The van der Waals surface area contributed by atoms with E-state index in [1.165, 1.54) is 0 Å². The van der Waals surface area contributed by atoms with Crippen molar-refractivity contribution in [3.63, 3.8) is 0 Å². The summed E-state index contributed by atoms with van der Waals surface area (Å²) in [7, 11) is 4.20. The van der Waals surface area contributed by atoms with Crippen LogP contribution in [0, 0.1) is 5.92 Å². The summed E-state index contributed by atoms with van der Waals surface area (Å²) in [5.41, 5.74) is 0. The molecule has 1 N–H and O–H groups in total. The van der Waals surface area contributed by atoms with Crippen LogP contribution >= 0.6 is 0 Å². The highest BCUT2D eigenvalue weighted by Gasteiger charge is 2.03. The van der Waals surface area contributed by atoms with Gasteiger partial charge in [0.05, 0.1) is 5.84 Å². The molecule has 0 aliphatic rings. The second-order valence-corrected chi connectivity index (χ2v) is 4.75. The molecule has 3 heteroatoms. The van der Waals surface area contributed by atoms with Crippen molar-refractivity contribution < 1.29 is 0 Å². The van der Waals surface area contributed by atoms with Crippen LogP contribution in [0.2, 0.25) is 0 Å². The lowest BCUT2D eigenvalue weighted by Crippen LogP contribution is -2.31. The van der Waals surface area contributed by atoms with E-state index in [1.54, 1.807) is 0 Å². The van der Waals surface area contributed by atoms with Crippen LogP contribution in [-0.2, 0) is 0 Å². The quantitative estimate of drug-likeness (QED) is 0.540. The number of aliphatic imine (C=N–C) groups is 1. The van der Waals surface area contributed by atoms with E-state index in [1.807, 2.05) is 0 Å². The number of hydrogen-bond donors (Lipinski definition) is 1. The Kier molecular flexibility index (Phi) is 7.39. The average Bonchev–Trinajstić information content (AvgIpc) is 2.13. The zero-order valence-corrected chi connectivity index (χ0v) is 11.2. The maximum atomic E-state index is 4.54. The first-order chi connectivity index (χ1) is 6.95. The number of nitrogens with one attached hydrogen (secondary N) is 1. The predicted octanol–water partition coefficient (Wildman–Crippen LogP) is 1.99. The minimum atomic E-state index is 0.526. The molecule has 2 unspecified atom stereocenters. The standard InChI is InChI=1S/C12H27N3/c1-7-11(3)14-12(4)13-8-10(2)9-15(5)6/h10-11H,7-9H2,1-6H3,(H,13,14). The fraction of sp³-hybridized carbons (Fsp3) is 0.917. The Bertz CT molecular complexity index is 187. The Hall–Kier alpha value is -0.570. The smallest absolute Gasteiger partial charge is 0.0933 e. The zero-order valence-electron chi connectivity index (χ0n) is 11.2. The summed E-state index contributed by atoms with van der Waals surface area (Å²) in [6, 6.07) is 0.526. The summed E-state index contributed by atoms with van der Waals surface area (Å²) in [5.74, 6) is 1.68. The van der Waals surface area contributed by atoms with Gasteiger partial charge in [-0.3, -0.25) is 4.99 Å². The molecule has 0 bridgehead atoms. The van der Waals surface area contributed by atoms with Crippen molar-refractivity contribution in [2.75, 3.05) is 27.2 Å². The molecule has 0 aromatic heterocycles. The first-order valence-electron chi connectivity index (χ1n) is 5.88. The average molecular weight is 213 g/mol. The molecule has 0 amide bonds. The lowest BCUT2D eigenvalue weighted by atomic mass is 10.2. The van der Waals surface area contributed by atoms with Gasteiger partial charge >= 0.3 is 0 Å². The Morgan fingerprint density at radius 2 is 1.93 bits per heavy atom. The summed E-state index contributed by atoms with van der Waals surface area (Å²) >= 11 is 0. The normalized spacial score (nSPS) is 16.6. The molecule has 0 saturated carbocycles. The zero-order chi connectivity index (χ0) is 11.8. The minimum absolute atomic E-state index is 0.526. The largest absolute Gasteiger partial charge is 0.372 e. The van der Waals surface area contributed by atoms with Crippen LogP contribution in [-0.4, -0.2) is 44.0 Å². The van der Waals surface area contributed by atoms with Crippen LogP contribution in [0.25, 0.3) is 0 Å². The van der Waals surface area contributed by atoms with Gasteiger partial charge in [-0.15, -0.1) is 0 Å². The van der Waals surface area contributed by atoms with Gasteiger partial charge in [0, 0.05) is 19.1 Å². The maximum absolute atomic E-state index is 4.54. The van der Waals surface area contributed by atoms with Crippen molar-refractivity contribution in [2.24, 2.45) is 10.9 Å². The molecular weight excluding hydrogens is 186 g/mol. The molecule has 90 valence electrons. The van der Waals surface area contributed by atoms with Gasteiger partial charge < -0.3 is 10.2 Å². The molecule has 0 heterocycles. The number of hydrogen-bond acceptors (Lipinski definition) is 2. The number of nitrogens with zero attached hydrogens (tertiary/aromatic N) is 2. The van der Waals surface area contributed by atoms with Gasteiger partial charge in [-0.1, -0.05) is 13.8 Å². The monoisotopic (exact) mass is 213 g/mol. The van der Waals surface area contributed by atoms with Gasteiger partial charge in [-0.05, 0) is 40.3 Å². The minimum Gasteiger partial charge on any atom is -0.372 e. The molecule has 0 aliphatic heterocycles. The molecule has 0 aliphatic carbocycles. The molecular formula is C12H27N3. The summed E-state index contributed by atoms with van der Waals surface area (Å²) in [6.45, 7) is 10.7. The Balaban J connectivity index is 3.83. The van der Waals surface area contributed by atoms with Gasteiger partial charge in [0.15, 0.2) is 0 Å². The molecule has 0 fully saturated rings. The van der Waals surface area contributed by atoms with Crippen LogP contribution in [0.15, 0.2) is 4.99 Å². The first-order valence-corrected chi connectivity index (χ1v) is 5.88. The third-order valence-corrected chi connectivity index (χ3v) is 2.38. The van der Waals surface area contributed by atoms with Gasteiger partial charge in [-0.2, -0.15) is 0 Å². The number of rotatable bonds is 6. The fourth-order valence-corrected chi connectivity index (χ4v) is 1.48. The summed E-state index contributed by atoms with van der Waals surface area (Å²) < 4.78 is 0. The third kappa shape index (κ3) is 8.43. The van der Waals surface area contributed by atoms with E-state index in [4.69, 9.17) is 0 Å². The van der Waals surface area contributed by atoms with E-state index in [0.717, 1.165) is 25.3 Å². The lowest BCUT2D eigenvalue weighted by Gasteiger charge is -2.16. The second kappa shape index (κ2) is 7.69. The topological polar surface area (TPSA) is 27.6 Å². The van der Waals surface area contributed by atoms with Crippen molar-refractivity contribution in [1.29, 1.82) is 0 Å². The molecule has 0 aromatic rings. The molecule has 0 spiro atoms. The second-order valence-electron chi connectivity index (χ2n) is 4.75. The van der Waals surface area contributed by atoms with E-state index < -0.39 is 0 Å². The van der Waals surface area contributed by atoms with Gasteiger partial charge in [0.1, 0.15) is 0 Å². The highest BCUT2D eigenvalue weighted by atomic mass is 15.1. The molecule has 0 rings (SSSR count). The Morgan fingerprint density at radius 1 is 1.33 bits per heavy atom. The summed E-state index contributed by atoms with van der Waals surface area (Å²) in [6.07, 6.45) is 1.14. The molecule has 15 heavy (non-hydrogen) atoms. The van der Waals surface area contributed by atoms with Crippen molar-refractivity contribution in [3.8, 4) is 0 Å². The predicted molar refractivity (Wildman–Crippen MR) is 68.6 cm³/mol. The van der Waals surface area contributed by atoms with Crippen LogP contribution in [0.4, 0.5) is 0 Å². The van der Waals surface area contributed by atoms with Crippen molar-refractivity contribution in [3.05, 3.63) is 0 Å². The highest BCUT2D eigenvalue weighted by Crippen LogP contribution is 1.97. The molecule has 0 radical (unpaired) electrons. The highest BCUT2D eigenvalue weighted by molar-refractivity contribution is 5.79. The van der Waals surface area contributed by atoms with Crippen LogP contribution in [0.5, 0.6) is 0 Å². The van der Waals surface area contributed by atoms with E-state index in [2.05, 4.69) is 57.0 Å². The van der Waals surface area contributed by atoms with E-state index in [0.29, 0.717) is 12.0 Å². The van der Waals surface area contributed by atoms with Gasteiger partial charge in [-0.25, -0.2) is 0 Å². The number of amidine groups is 1. The van der Waals surface area contributed by atoms with E-state index in [-0.39, 0.29) is 0 Å². The van der Waals surface area contributed by atoms with Crippen LogP contribution < -0.4 is 5.32 Å².